The van der Waals surface area contributed by atoms with Crippen LogP contribution in [0.15, 0.2) is 28.9 Å². The molecule has 0 aliphatic heterocycles. The molecule has 0 spiro atoms. The van der Waals surface area contributed by atoms with Crippen LogP contribution < -0.4 is 5.73 Å². The van der Waals surface area contributed by atoms with E-state index in [4.69, 9.17) is 5.73 Å². The van der Waals surface area contributed by atoms with Gasteiger partial charge in [0, 0.05) is 38.6 Å². The van der Waals surface area contributed by atoms with Crippen LogP contribution >= 0.6 is 27.3 Å². The number of aromatic nitrogens is 1. The van der Waals surface area contributed by atoms with Crippen molar-refractivity contribution in [3.63, 3.8) is 0 Å². The number of fused-ring (bicyclic) bond motifs is 1. The van der Waals surface area contributed by atoms with Gasteiger partial charge >= 0.3 is 0 Å². The monoisotopic (exact) mass is 350 g/mol. The minimum absolute atomic E-state index is 0.0700. The number of rotatable bonds is 3. The van der Waals surface area contributed by atoms with E-state index in [9.17, 15) is 0 Å². The van der Waals surface area contributed by atoms with Crippen LogP contribution in [0.25, 0.3) is 0 Å². The maximum atomic E-state index is 6.37. The zero-order valence-corrected chi connectivity index (χ0v) is 13.8. The van der Waals surface area contributed by atoms with Gasteiger partial charge in [-0.2, -0.15) is 0 Å². The minimum atomic E-state index is 0.0700. The molecule has 4 heteroatoms. The molecule has 0 aromatic carbocycles. The van der Waals surface area contributed by atoms with Crippen LogP contribution in [0.4, 0.5) is 0 Å². The number of thiophene rings is 1. The van der Waals surface area contributed by atoms with Gasteiger partial charge < -0.3 is 5.73 Å². The Morgan fingerprint density at radius 1 is 1.25 bits per heavy atom. The van der Waals surface area contributed by atoms with Gasteiger partial charge in [-0.05, 0) is 65.4 Å². The Kier molecular flexibility index (Phi) is 4.54. The SMILES string of the molecule is NC(Cc1ccc(Br)cn1)c1cc2c(s1)CCCCC2. The molecular formula is C16H19BrN2S. The third kappa shape index (κ3) is 3.30. The molecule has 0 radical (unpaired) electrons. The Bertz CT molecular complexity index is 553. The zero-order valence-electron chi connectivity index (χ0n) is 11.4. The van der Waals surface area contributed by atoms with Crippen LogP contribution in [-0.2, 0) is 19.3 Å². The first-order valence-electron chi connectivity index (χ1n) is 7.20. The Morgan fingerprint density at radius 2 is 2.10 bits per heavy atom. The normalized spacial score (nSPS) is 16.5. The van der Waals surface area contributed by atoms with Gasteiger partial charge in [0.05, 0.1) is 0 Å². The summed E-state index contributed by atoms with van der Waals surface area (Å²) in [4.78, 5) is 7.31. The first-order chi connectivity index (χ1) is 9.72. The Morgan fingerprint density at radius 3 is 2.90 bits per heavy atom. The van der Waals surface area contributed by atoms with Crippen molar-refractivity contribution in [2.45, 2.75) is 44.6 Å². The lowest BCUT2D eigenvalue weighted by Gasteiger charge is -2.09. The molecule has 2 N–H and O–H groups in total. The molecule has 1 aliphatic rings. The number of halogens is 1. The highest BCUT2D eigenvalue weighted by atomic mass is 79.9. The molecule has 2 aromatic rings. The third-order valence-corrected chi connectivity index (χ3v) is 5.69. The molecule has 1 atom stereocenters. The number of aryl methyl sites for hydroxylation is 2. The van der Waals surface area contributed by atoms with Gasteiger partial charge in [-0.25, -0.2) is 0 Å². The first-order valence-corrected chi connectivity index (χ1v) is 8.81. The van der Waals surface area contributed by atoms with E-state index in [1.54, 1.807) is 10.4 Å². The highest BCUT2D eigenvalue weighted by molar-refractivity contribution is 9.10. The fourth-order valence-corrected chi connectivity index (χ4v) is 4.22. The quantitative estimate of drug-likeness (QED) is 0.832. The van der Waals surface area contributed by atoms with Gasteiger partial charge in [0.2, 0.25) is 0 Å². The van der Waals surface area contributed by atoms with E-state index in [-0.39, 0.29) is 6.04 Å². The van der Waals surface area contributed by atoms with E-state index >= 15 is 0 Å². The van der Waals surface area contributed by atoms with E-state index in [2.05, 4.69) is 27.0 Å². The molecule has 2 heterocycles. The van der Waals surface area contributed by atoms with Crippen molar-refractivity contribution in [3.05, 3.63) is 49.9 Å². The summed E-state index contributed by atoms with van der Waals surface area (Å²) in [6, 6.07) is 6.48. The minimum Gasteiger partial charge on any atom is -0.323 e. The number of hydrogen-bond acceptors (Lipinski definition) is 3. The second kappa shape index (κ2) is 6.37. The van der Waals surface area contributed by atoms with E-state index < -0.39 is 0 Å². The molecule has 2 nitrogen and oxygen atoms in total. The summed E-state index contributed by atoms with van der Waals surface area (Å²) in [5.74, 6) is 0. The molecule has 3 rings (SSSR count). The molecule has 0 bridgehead atoms. The largest absolute Gasteiger partial charge is 0.323 e. The lowest BCUT2D eigenvalue weighted by atomic mass is 10.1. The zero-order chi connectivity index (χ0) is 13.9. The smallest absolute Gasteiger partial charge is 0.0446 e. The topological polar surface area (TPSA) is 38.9 Å². The Balaban J connectivity index is 1.73. The highest BCUT2D eigenvalue weighted by Crippen LogP contribution is 2.32. The summed E-state index contributed by atoms with van der Waals surface area (Å²) in [5, 5.41) is 0. The van der Waals surface area contributed by atoms with E-state index in [1.807, 2.05) is 29.7 Å². The van der Waals surface area contributed by atoms with Crippen LogP contribution in [0, 0.1) is 0 Å². The van der Waals surface area contributed by atoms with Crippen molar-refractivity contribution in [3.8, 4) is 0 Å². The molecule has 20 heavy (non-hydrogen) atoms. The molecule has 1 unspecified atom stereocenters. The summed E-state index contributed by atoms with van der Waals surface area (Å²) < 4.78 is 1.01. The van der Waals surface area contributed by atoms with Gasteiger partial charge in [0.15, 0.2) is 0 Å². The number of nitrogens with zero attached hydrogens (tertiary/aromatic N) is 1. The van der Waals surface area contributed by atoms with Crippen LogP contribution in [-0.4, -0.2) is 4.98 Å². The number of hydrogen-bond donors (Lipinski definition) is 1. The van der Waals surface area contributed by atoms with Crippen molar-refractivity contribution in [1.82, 2.24) is 4.98 Å². The van der Waals surface area contributed by atoms with Gasteiger partial charge in [-0.15, -0.1) is 11.3 Å². The molecule has 0 saturated heterocycles. The third-order valence-electron chi connectivity index (χ3n) is 3.85. The molecule has 0 saturated carbocycles. The van der Waals surface area contributed by atoms with E-state index in [0.29, 0.717) is 0 Å². The summed E-state index contributed by atoms with van der Waals surface area (Å²) in [6.45, 7) is 0. The average Bonchev–Trinajstić information content (AvgIpc) is 2.73. The summed E-state index contributed by atoms with van der Waals surface area (Å²) in [6.07, 6.45) is 9.14. The van der Waals surface area contributed by atoms with Crippen LogP contribution in [0.1, 0.15) is 46.3 Å². The Labute approximate surface area is 132 Å². The van der Waals surface area contributed by atoms with Crippen LogP contribution in [0.3, 0.4) is 0 Å². The highest BCUT2D eigenvalue weighted by Gasteiger charge is 2.16. The molecule has 106 valence electrons. The summed E-state index contributed by atoms with van der Waals surface area (Å²) in [5.41, 5.74) is 8.98. The maximum absolute atomic E-state index is 6.37. The standard InChI is InChI=1S/C16H19BrN2S/c17-12-6-7-13(19-10-12)9-14(18)16-8-11-4-2-1-3-5-15(11)20-16/h6-8,10,14H,1-5,9,18H2. The first kappa shape index (κ1) is 14.2. The fraction of sp³-hybridized carbons (Fsp3) is 0.438. The van der Waals surface area contributed by atoms with Gasteiger partial charge in [0.25, 0.3) is 0 Å². The van der Waals surface area contributed by atoms with Crippen LogP contribution in [0.2, 0.25) is 0 Å². The second-order valence-electron chi connectivity index (χ2n) is 5.44. The lowest BCUT2D eigenvalue weighted by molar-refractivity contribution is 0.706. The fourth-order valence-electron chi connectivity index (χ4n) is 2.73. The summed E-state index contributed by atoms with van der Waals surface area (Å²) in [7, 11) is 0. The maximum Gasteiger partial charge on any atom is 0.0446 e. The van der Waals surface area contributed by atoms with Crippen molar-refractivity contribution >= 4 is 27.3 Å². The molecule has 1 aliphatic carbocycles. The predicted octanol–water partition coefficient (Wildman–Crippen LogP) is 4.42. The van der Waals surface area contributed by atoms with Crippen molar-refractivity contribution in [2.75, 3.05) is 0 Å². The van der Waals surface area contributed by atoms with Gasteiger partial charge in [-0.3, -0.25) is 4.98 Å². The molecule has 0 fully saturated rings. The van der Waals surface area contributed by atoms with Crippen molar-refractivity contribution in [2.24, 2.45) is 5.73 Å². The Hall–Kier alpha value is -0.710. The van der Waals surface area contributed by atoms with Gasteiger partial charge in [-0.1, -0.05) is 6.42 Å². The molecule has 2 aromatic heterocycles. The van der Waals surface area contributed by atoms with E-state index in [0.717, 1.165) is 16.6 Å². The van der Waals surface area contributed by atoms with Crippen molar-refractivity contribution in [1.29, 1.82) is 0 Å². The number of nitrogens with two attached hydrogens (primary N) is 1. The summed E-state index contributed by atoms with van der Waals surface area (Å²) >= 11 is 5.33. The predicted molar refractivity (Wildman–Crippen MR) is 88.1 cm³/mol. The average molecular weight is 351 g/mol. The van der Waals surface area contributed by atoms with E-state index in [1.165, 1.54) is 37.0 Å². The van der Waals surface area contributed by atoms with Gasteiger partial charge in [0.1, 0.15) is 0 Å². The lowest BCUT2D eigenvalue weighted by Crippen LogP contribution is -2.12. The van der Waals surface area contributed by atoms with Crippen molar-refractivity contribution < 1.29 is 0 Å². The number of pyridine rings is 1. The van der Waals surface area contributed by atoms with Crippen LogP contribution in [0.5, 0.6) is 0 Å². The molecule has 0 amide bonds. The molecular weight excluding hydrogens is 332 g/mol. The second-order valence-corrected chi connectivity index (χ2v) is 7.52.